The van der Waals surface area contributed by atoms with E-state index >= 15 is 0 Å². The van der Waals surface area contributed by atoms with Gasteiger partial charge in [0.05, 0.1) is 0 Å². The molecule has 2 rings (SSSR count). The minimum Gasteiger partial charge on any atom is -0.334 e. The topological polar surface area (TPSA) is 58.8 Å². The van der Waals surface area contributed by atoms with E-state index in [-0.39, 0.29) is 5.82 Å². The van der Waals surface area contributed by atoms with Crippen molar-refractivity contribution in [3.8, 4) is 11.5 Å². The maximum absolute atomic E-state index is 10.6. The number of benzene rings is 1. The standard InChI is InChI=1S/C14H17N2O2/c1-2-3-4-6-11-7-5-8-12(9-11)14-15-13(10-17)16-18-14/h5,7-9H,2-4,6,10H2,1H3. The SMILES string of the molecule is CCCCCc1cccc(-c2nc(C[O])no2)c1. The molecule has 0 spiro atoms. The van der Waals surface area contributed by atoms with E-state index in [2.05, 4.69) is 29.2 Å². The van der Waals surface area contributed by atoms with Gasteiger partial charge in [-0.15, -0.1) is 0 Å². The molecule has 1 heterocycles. The molecule has 0 saturated carbocycles. The van der Waals surface area contributed by atoms with Crippen LogP contribution in [0.3, 0.4) is 0 Å². The van der Waals surface area contributed by atoms with Gasteiger partial charge < -0.3 is 4.52 Å². The predicted octanol–water partition coefficient (Wildman–Crippen LogP) is 3.40. The Kier molecular flexibility index (Phi) is 4.47. The summed E-state index contributed by atoms with van der Waals surface area (Å²) in [6.45, 7) is 1.75. The van der Waals surface area contributed by atoms with Crippen LogP contribution in [0.4, 0.5) is 0 Å². The molecule has 1 aromatic carbocycles. The lowest BCUT2D eigenvalue weighted by atomic mass is 10.0. The number of aryl methyl sites for hydroxylation is 1. The number of hydrogen-bond acceptors (Lipinski definition) is 3. The number of aromatic nitrogens is 2. The van der Waals surface area contributed by atoms with E-state index in [4.69, 9.17) is 4.52 Å². The van der Waals surface area contributed by atoms with Crippen molar-refractivity contribution >= 4 is 0 Å². The average molecular weight is 245 g/mol. The van der Waals surface area contributed by atoms with Gasteiger partial charge in [-0.3, -0.25) is 0 Å². The molecule has 0 N–H and O–H groups in total. The number of nitrogens with zero attached hydrogens (tertiary/aromatic N) is 2. The Hall–Kier alpha value is -1.68. The predicted molar refractivity (Wildman–Crippen MR) is 67.4 cm³/mol. The van der Waals surface area contributed by atoms with Crippen molar-refractivity contribution in [1.29, 1.82) is 0 Å². The molecule has 4 nitrogen and oxygen atoms in total. The van der Waals surface area contributed by atoms with Gasteiger partial charge in [0.1, 0.15) is 6.61 Å². The van der Waals surface area contributed by atoms with E-state index in [0.717, 1.165) is 12.0 Å². The van der Waals surface area contributed by atoms with E-state index in [1.807, 2.05) is 12.1 Å². The zero-order valence-electron chi connectivity index (χ0n) is 10.6. The van der Waals surface area contributed by atoms with Crippen molar-refractivity contribution in [2.24, 2.45) is 0 Å². The first-order valence-corrected chi connectivity index (χ1v) is 6.33. The maximum Gasteiger partial charge on any atom is 0.258 e. The highest BCUT2D eigenvalue weighted by atomic mass is 16.5. The van der Waals surface area contributed by atoms with Crippen LogP contribution in [0.5, 0.6) is 0 Å². The van der Waals surface area contributed by atoms with Crippen molar-refractivity contribution in [3.05, 3.63) is 35.7 Å². The summed E-state index contributed by atoms with van der Waals surface area (Å²) in [5.74, 6) is 0.638. The Bertz CT molecular complexity index is 494. The number of unbranched alkanes of at least 4 members (excludes halogenated alkanes) is 2. The zero-order valence-corrected chi connectivity index (χ0v) is 10.6. The highest BCUT2D eigenvalue weighted by Crippen LogP contribution is 2.19. The molecular weight excluding hydrogens is 228 g/mol. The fourth-order valence-corrected chi connectivity index (χ4v) is 1.87. The van der Waals surface area contributed by atoms with E-state index in [9.17, 15) is 5.11 Å². The molecule has 0 aliphatic rings. The van der Waals surface area contributed by atoms with Crippen LogP contribution < -0.4 is 0 Å². The lowest BCUT2D eigenvalue weighted by Crippen LogP contribution is -1.87. The molecule has 95 valence electrons. The second kappa shape index (κ2) is 6.31. The van der Waals surface area contributed by atoms with Gasteiger partial charge in [0.15, 0.2) is 0 Å². The lowest BCUT2D eigenvalue weighted by Gasteiger charge is -2.02. The van der Waals surface area contributed by atoms with Crippen LogP contribution in [0, 0.1) is 0 Å². The smallest absolute Gasteiger partial charge is 0.258 e. The molecule has 4 heteroatoms. The van der Waals surface area contributed by atoms with Gasteiger partial charge in [0.25, 0.3) is 5.89 Å². The van der Waals surface area contributed by atoms with Crippen molar-refractivity contribution in [2.45, 2.75) is 39.2 Å². The van der Waals surface area contributed by atoms with Gasteiger partial charge in [-0.05, 0) is 30.5 Å². The van der Waals surface area contributed by atoms with Gasteiger partial charge in [0.2, 0.25) is 5.82 Å². The van der Waals surface area contributed by atoms with E-state index < -0.39 is 6.61 Å². The zero-order chi connectivity index (χ0) is 12.8. The first-order chi connectivity index (χ1) is 8.83. The Balaban J connectivity index is 2.11. The summed E-state index contributed by atoms with van der Waals surface area (Å²) in [6.07, 6.45) is 4.71. The number of hydrogen-bond donors (Lipinski definition) is 0. The molecular formula is C14H17N2O2. The van der Waals surface area contributed by atoms with E-state index in [0.29, 0.717) is 5.89 Å². The summed E-state index contributed by atoms with van der Waals surface area (Å²) in [6, 6.07) is 8.06. The molecule has 0 aliphatic heterocycles. The third kappa shape index (κ3) is 3.17. The number of rotatable bonds is 6. The fourth-order valence-electron chi connectivity index (χ4n) is 1.87. The van der Waals surface area contributed by atoms with Crippen LogP contribution in [0.25, 0.3) is 11.5 Å². The van der Waals surface area contributed by atoms with Crippen LogP contribution in [0.2, 0.25) is 0 Å². The van der Waals surface area contributed by atoms with Crippen molar-refractivity contribution in [2.75, 3.05) is 0 Å². The second-order valence-corrected chi connectivity index (χ2v) is 4.32. The summed E-state index contributed by atoms with van der Waals surface area (Å²) in [7, 11) is 0. The summed E-state index contributed by atoms with van der Waals surface area (Å²) in [4.78, 5) is 4.05. The fraction of sp³-hybridized carbons (Fsp3) is 0.429. The Morgan fingerprint density at radius 2 is 2.17 bits per heavy atom. The minimum absolute atomic E-state index is 0.210. The lowest BCUT2D eigenvalue weighted by molar-refractivity contribution is 0.166. The van der Waals surface area contributed by atoms with Gasteiger partial charge >= 0.3 is 0 Å². The molecule has 0 fully saturated rings. The molecule has 18 heavy (non-hydrogen) atoms. The third-order valence-corrected chi connectivity index (χ3v) is 2.84. The highest BCUT2D eigenvalue weighted by Gasteiger charge is 2.08. The van der Waals surface area contributed by atoms with Gasteiger partial charge in [-0.1, -0.05) is 37.1 Å². The Labute approximate surface area is 107 Å². The molecule has 1 aromatic heterocycles. The quantitative estimate of drug-likeness (QED) is 0.733. The average Bonchev–Trinajstić information content (AvgIpc) is 2.88. The molecule has 2 aromatic rings. The third-order valence-electron chi connectivity index (χ3n) is 2.84. The molecule has 0 unspecified atom stereocenters. The largest absolute Gasteiger partial charge is 0.334 e. The second-order valence-electron chi connectivity index (χ2n) is 4.32. The molecule has 1 radical (unpaired) electrons. The van der Waals surface area contributed by atoms with Crippen LogP contribution in [-0.4, -0.2) is 10.1 Å². The van der Waals surface area contributed by atoms with Crippen LogP contribution in [-0.2, 0) is 18.1 Å². The molecule has 0 amide bonds. The van der Waals surface area contributed by atoms with Crippen LogP contribution in [0.1, 0.15) is 37.6 Å². The molecule has 0 saturated heterocycles. The maximum atomic E-state index is 10.6. The summed E-state index contributed by atoms with van der Waals surface area (Å²) in [5, 5.41) is 14.3. The summed E-state index contributed by atoms with van der Waals surface area (Å²) < 4.78 is 5.06. The minimum atomic E-state index is -0.445. The van der Waals surface area contributed by atoms with E-state index in [1.54, 1.807) is 0 Å². The normalized spacial score (nSPS) is 10.8. The summed E-state index contributed by atoms with van der Waals surface area (Å²) in [5.41, 5.74) is 2.15. The molecule has 0 bridgehead atoms. The van der Waals surface area contributed by atoms with Crippen molar-refractivity contribution in [1.82, 2.24) is 10.1 Å². The van der Waals surface area contributed by atoms with Gasteiger partial charge in [0, 0.05) is 5.56 Å². The monoisotopic (exact) mass is 245 g/mol. The van der Waals surface area contributed by atoms with E-state index in [1.165, 1.54) is 24.8 Å². The van der Waals surface area contributed by atoms with Crippen molar-refractivity contribution in [3.63, 3.8) is 0 Å². The van der Waals surface area contributed by atoms with Crippen molar-refractivity contribution < 1.29 is 9.63 Å². The Morgan fingerprint density at radius 1 is 1.28 bits per heavy atom. The molecule has 0 aliphatic carbocycles. The van der Waals surface area contributed by atoms with Crippen LogP contribution >= 0.6 is 0 Å². The highest BCUT2D eigenvalue weighted by molar-refractivity contribution is 5.54. The summed E-state index contributed by atoms with van der Waals surface area (Å²) >= 11 is 0. The van der Waals surface area contributed by atoms with Gasteiger partial charge in [-0.25, -0.2) is 5.11 Å². The molecule has 0 atom stereocenters. The van der Waals surface area contributed by atoms with Crippen LogP contribution in [0.15, 0.2) is 28.8 Å². The Morgan fingerprint density at radius 3 is 2.89 bits per heavy atom. The first kappa shape index (κ1) is 12.8. The van der Waals surface area contributed by atoms with Gasteiger partial charge in [-0.2, -0.15) is 4.98 Å². The first-order valence-electron chi connectivity index (χ1n) is 6.33.